The van der Waals surface area contributed by atoms with Crippen LogP contribution in [0.1, 0.15) is 27.8 Å². The van der Waals surface area contributed by atoms with Crippen molar-refractivity contribution in [2.45, 2.75) is 12.8 Å². The number of ether oxygens (including phenoxy) is 2. The molecule has 0 aliphatic carbocycles. The number of benzene rings is 2. The number of hydrogen-bond donors (Lipinski definition) is 1. The number of carboxylic acid groups (broad SMARTS) is 1. The highest BCUT2D eigenvalue weighted by molar-refractivity contribution is 5.89. The van der Waals surface area contributed by atoms with Crippen molar-refractivity contribution in [3.05, 3.63) is 65.4 Å². The monoisotopic (exact) mass is 324 g/mol. The number of carboxylic acids is 1. The van der Waals surface area contributed by atoms with Gasteiger partial charge >= 0.3 is 5.97 Å². The highest BCUT2D eigenvalue weighted by atomic mass is 16.7. The summed E-state index contributed by atoms with van der Waals surface area (Å²) in [5.41, 5.74) is 2.83. The Morgan fingerprint density at radius 2 is 2.00 bits per heavy atom. The molecule has 1 aliphatic rings. The lowest BCUT2D eigenvalue weighted by molar-refractivity contribution is -0.0440. The number of rotatable bonds is 4. The average Bonchev–Trinajstić information content (AvgIpc) is 3.23. The van der Waals surface area contributed by atoms with Crippen LogP contribution in [0.3, 0.4) is 0 Å². The molecule has 1 aromatic heterocycles. The smallest absolute Gasteiger partial charge is 0.336 e. The van der Waals surface area contributed by atoms with Crippen LogP contribution in [-0.4, -0.2) is 34.1 Å². The fourth-order valence-corrected chi connectivity index (χ4v) is 2.92. The molecule has 0 amide bonds. The van der Waals surface area contributed by atoms with Crippen LogP contribution in [0.2, 0.25) is 0 Å². The molecule has 2 aromatic carbocycles. The second-order valence-corrected chi connectivity index (χ2v) is 5.68. The first-order chi connectivity index (χ1) is 11.7. The fourth-order valence-electron chi connectivity index (χ4n) is 2.92. The van der Waals surface area contributed by atoms with Crippen LogP contribution in [0.4, 0.5) is 0 Å². The van der Waals surface area contributed by atoms with Gasteiger partial charge in [0.1, 0.15) is 0 Å². The molecule has 0 spiro atoms. The predicted octanol–water partition coefficient (Wildman–Crippen LogP) is 2.83. The Kier molecular flexibility index (Phi) is 3.76. The van der Waals surface area contributed by atoms with Gasteiger partial charge in [0.25, 0.3) is 0 Å². The minimum Gasteiger partial charge on any atom is -0.478 e. The van der Waals surface area contributed by atoms with Crippen LogP contribution in [-0.2, 0) is 16.0 Å². The summed E-state index contributed by atoms with van der Waals surface area (Å²) in [4.78, 5) is 11.3. The molecule has 0 saturated carbocycles. The summed E-state index contributed by atoms with van der Waals surface area (Å²) < 4.78 is 12.8. The molecule has 1 saturated heterocycles. The number of hydrogen-bond acceptors (Lipinski definition) is 4. The van der Waals surface area contributed by atoms with Gasteiger partial charge in [0, 0.05) is 17.1 Å². The van der Waals surface area contributed by atoms with Gasteiger partial charge in [-0.15, -0.1) is 0 Å². The zero-order valence-electron chi connectivity index (χ0n) is 12.9. The summed E-state index contributed by atoms with van der Waals surface area (Å²) in [6.07, 6.45) is 1.59. The van der Waals surface area contributed by atoms with Crippen molar-refractivity contribution in [2.75, 3.05) is 13.2 Å². The van der Waals surface area contributed by atoms with Crippen LogP contribution in [0.15, 0.2) is 48.7 Å². The maximum Gasteiger partial charge on any atom is 0.336 e. The molecule has 2 heterocycles. The summed E-state index contributed by atoms with van der Waals surface area (Å²) in [5, 5.41) is 14.8. The zero-order chi connectivity index (χ0) is 16.5. The van der Waals surface area contributed by atoms with Crippen LogP contribution in [0, 0.1) is 0 Å². The Balaban J connectivity index is 1.64. The first kappa shape index (κ1) is 14.9. The van der Waals surface area contributed by atoms with Crippen molar-refractivity contribution in [3.63, 3.8) is 0 Å². The van der Waals surface area contributed by atoms with Crippen LogP contribution in [0.25, 0.3) is 10.9 Å². The van der Waals surface area contributed by atoms with Crippen molar-refractivity contribution >= 4 is 16.9 Å². The van der Waals surface area contributed by atoms with Gasteiger partial charge in [-0.3, -0.25) is 4.68 Å². The summed E-state index contributed by atoms with van der Waals surface area (Å²) in [5.74, 6) is -0.930. The van der Waals surface area contributed by atoms with E-state index in [4.69, 9.17) is 9.47 Å². The maximum atomic E-state index is 11.3. The minimum atomic E-state index is -0.930. The number of nitrogens with zero attached hydrogens (tertiary/aromatic N) is 2. The maximum absolute atomic E-state index is 11.3. The summed E-state index contributed by atoms with van der Waals surface area (Å²) in [6, 6.07) is 12.8. The molecule has 0 atom stereocenters. The van der Waals surface area contributed by atoms with E-state index in [2.05, 4.69) is 5.10 Å². The molecule has 122 valence electrons. The zero-order valence-corrected chi connectivity index (χ0v) is 12.9. The van der Waals surface area contributed by atoms with E-state index in [1.54, 1.807) is 22.9 Å². The average molecular weight is 324 g/mol. The molecule has 6 heteroatoms. The normalized spacial score (nSPS) is 15.2. The molecular formula is C18H16N2O4. The lowest BCUT2D eigenvalue weighted by Gasteiger charge is -2.08. The SMILES string of the molecule is O=C(O)c1ccccc1Cn1cc2cc(C3OCCO3)ccc2n1. The topological polar surface area (TPSA) is 73.6 Å². The van der Waals surface area contributed by atoms with E-state index >= 15 is 0 Å². The highest BCUT2D eigenvalue weighted by Crippen LogP contribution is 2.26. The molecule has 6 nitrogen and oxygen atoms in total. The fraction of sp³-hybridized carbons (Fsp3) is 0.222. The second kappa shape index (κ2) is 6.07. The third-order valence-electron chi connectivity index (χ3n) is 4.05. The van der Waals surface area contributed by atoms with Crippen LogP contribution < -0.4 is 0 Å². The van der Waals surface area contributed by atoms with Gasteiger partial charge in [0.15, 0.2) is 6.29 Å². The van der Waals surface area contributed by atoms with Gasteiger partial charge in [-0.1, -0.05) is 24.3 Å². The Morgan fingerprint density at radius 1 is 1.21 bits per heavy atom. The van der Waals surface area contributed by atoms with Gasteiger partial charge in [0.05, 0.1) is 30.8 Å². The van der Waals surface area contributed by atoms with Crippen molar-refractivity contribution in [1.29, 1.82) is 0 Å². The third-order valence-corrected chi connectivity index (χ3v) is 4.05. The molecule has 4 rings (SSSR count). The van der Waals surface area contributed by atoms with Gasteiger partial charge < -0.3 is 14.6 Å². The molecule has 0 radical (unpaired) electrons. The highest BCUT2D eigenvalue weighted by Gasteiger charge is 2.19. The molecule has 24 heavy (non-hydrogen) atoms. The lowest BCUT2D eigenvalue weighted by Crippen LogP contribution is -2.07. The first-order valence-corrected chi connectivity index (χ1v) is 7.72. The van der Waals surface area contributed by atoms with Gasteiger partial charge in [-0.2, -0.15) is 5.10 Å². The van der Waals surface area contributed by atoms with E-state index < -0.39 is 5.97 Å². The van der Waals surface area contributed by atoms with E-state index in [-0.39, 0.29) is 6.29 Å². The molecule has 1 aliphatic heterocycles. The van der Waals surface area contributed by atoms with Gasteiger partial charge in [0.2, 0.25) is 0 Å². The molecule has 3 aromatic rings. The molecule has 0 bridgehead atoms. The standard InChI is InChI=1S/C18H16N2O4/c21-17(22)15-4-2-1-3-13(15)10-20-11-14-9-12(5-6-16(14)19-20)18-23-7-8-24-18/h1-6,9,11,18H,7-8,10H2,(H,21,22). The quantitative estimate of drug-likeness (QED) is 0.799. The minimum absolute atomic E-state index is 0.297. The van der Waals surface area contributed by atoms with Crippen LogP contribution >= 0.6 is 0 Å². The summed E-state index contributed by atoms with van der Waals surface area (Å²) in [7, 11) is 0. The van der Waals surface area contributed by atoms with Crippen molar-refractivity contribution < 1.29 is 19.4 Å². The first-order valence-electron chi connectivity index (χ1n) is 7.72. The van der Waals surface area contributed by atoms with E-state index in [1.165, 1.54) is 0 Å². The number of fused-ring (bicyclic) bond motifs is 1. The summed E-state index contributed by atoms with van der Waals surface area (Å²) >= 11 is 0. The molecular weight excluding hydrogens is 308 g/mol. The van der Waals surface area contributed by atoms with Crippen LogP contribution in [0.5, 0.6) is 0 Å². The number of carbonyl (C=O) groups is 1. The Labute approximate surface area is 138 Å². The van der Waals surface area contributed by atoms with Gasteiger partial charge in [-0.05, 0) is 23.8 Å². The Hall–Kier alpha value is -2.70. The van der Waals surface area contributed by atoms with Crippen molar-refractivity contribution in [3.8, 4) is 0 Å². The van der Waals surface area contributed by atoms with E-state index in [1.807, 2.05) is 30.5 Å². The summed E-state index contributed by atoms with van der Waals surface area (Å²) in [6.45, 7) is 1.62. The second-order valence-electron chi connectivity index (χ2n) is 5.68. The number of aromatic nitrogens is 2. The largest absolute Gasteiger partial charge is 0.478 e. The Bertz CT molecular complexity index is 897. The van der Waals surface area contributed by atoms with E-state index in [0.29, 0.717) is 25.3 Å². The third kappa shape index (κ3) is 2.77. The van der Waals surface area contributed by atoms with E-state index in [0.717, 1.165) is 22.0 Å². The van der Waals surface area contributed by atoms with Gasteiger partial charge in [-0.25, -0.2) is 4.79 Å². The molecule has 1 fully saturated rings. The van der Waals surface area contributed by atoms with Crippen molar-refractivity contribution in [1.82, 2.24) is 9.78 Å². The Morgan fingerprint density at radius 3 is 2.79 bits per heavy atom. The lowest BCUT2D eigenvalue weighted by atomic mass is 10.1. The van der Waals surface area contributed by atoms with Crippen molar-refractivity contribution in [2.24, 2.45) is 0 Å². The molecule has 0 unspecified atom stereocenters. The molecule has 1 N–H and O–H groups in total. The number of aromatic carboxylic acids is 1. The van der Waals surface area contributed by atoms with E-state index in [9.17, 15) is 9.90 Å². The predicted molar refractivity (Wildman–Crippen MR) is 86.9 cm³/mol.